The van der Waals surface area contributed by atoms with Gasteiger partial charge in [-0.2, -0.15) is 5.26 Å². The van der Waals surface area contributed by atoms with E-state index in [4.69, 9.17) is 11.0 Å². The van der Waals surface area contributed by atoms with Gasteiger partial charge < -0.3 is 10.6 Å². The third-order valence-electron chi connectivity index (χ3n) is 3.25. The highest BCUT2D eigenvalue weighted by atomic mass is 32.1. The molecule has 1 aromatic heterocycles. The first-order chi connectivity index (χ1) is 7.74. The molecular formula is C12H17N3S. The van der Waals surface area contributed by atoms with Gasteiger partial charge in [0.05, 0.1) is 10.7 Å². The Balaban J connectivity index is 2.09. The summed E-state index contributed by atoms with van der Waals surface area (Å²) in [5.74, 6) is 0.841. The maximum absolute atomic E-state index is 8.89. The average Bonchev–Trinajstić information content (AvgIpc) is 2.58. The molecule has 3 nitrogen and oxygen atoms in total. The first kappa shape index (κ1) is 11.3. The molecule has 0 unspecified atom stereocenters. The molecule has 1 aromatic rings. The first-order valence-electron chi connectivity index (χ1n) is 5.79. The average molecular weight is 235 g/mol. The molecule has 16 heavy (non-hydrogen) atoms. The number of thiophene rings is 1. The molecule has 1 aliphatic carbocycles. The normalized spacial score (nSPS) is 15.5. The van der Waals surface area contributed by atoms with Crippen LogP contribution >= 0.6 is 11.3 Å². The molecule has 2 rings (SSSR count). The van der Waals surface area contributed by atoms with Crippen LogP contribution in [0.5, 0.6) is 0 Å². The van der Waals surface area contributed by atoms with Gasteiger partial charge in [-0.3, -0.25) is 0 Å². The molecule has 86 valence electrons. The van der Waals surface area contributed by atoms with Gasteiger partial charge in [0.15, 0.2) is 0 Å². The van der Waals surface area contributed by atoms with E-state index in [1.165, 1.54) is 30.6 Å². The fraction of sp³-hybridized carbons (Fsp3) is 0.583. The second-order valence-electron chi connectivity index (χ2n) is 4.32. The van der Waals surface area contributed by atoms with Crippen LogP contribution in [0.15, 0.2) is 6.07 Å². The number of hydrogen-bond donors (Lipinski definition) is 1. The molecular weight excluding hydrogens is 218 g/mol. The molecule has 0 spiro atoms. The van der Waals surface area contributed by atoms with Crippen LogP contribution in [0.2, 0.25) is 0 Å². The van der Waals surface area contributed by atoms with Crippen LogP contribution < -0.4 is 10.6 Å². The summed E-state index contributed by atoms with van der Waals surface area (Å²) in [5.41, 5.74) is 6.40. The zero-order valence-electron chi connectivity index (χ0n) is 9.57. The van der Waals surface area contributed by atoms with Crippen LogP contribution in [0.1, 0.15) is 31.1 Å². The van der Waals surface area contributed by atoms with Crippen LogP contribution in [0.3, 0.4) is 0 Å². The van der Waals surface area contributed by atoms with Gasteiger partial charge in [0.1, 0.15) is 10.9 Å². The summed E-state index contributed by atoms with van der Waals surface area (Å²) in [4.78, 5) is 2.98. The zero-order chi connectivity index (χ0) is 11.5. The van der Waals surface area contributed by atoms with Gasteiger partial charge >= 0.3 is 0 Å². The lowest BCUT2D eigenvalue weighted by Crippen LogP contribution is -2.31. The molecule has 0 atom stereocenters. The van der Waals surface area contributed by atoms with Crippen molar-refractivity contribution in [1.82, 2.24) is 0 Å². The van der Waals surface area contributed by atoms with Gasteiger partial charge in [0, 0.05) is 13.1 Å². The van der Waals surface area contributed by atoms with Crippen LogP contribution in [0.25, 0.3) is 0 Å². The number of hydrogen-bond acceptors (Lipinski definition) is 4. The van der Waals surface area contributed by atoms with E-state index in [2.05, 4.69) is 17.9 Å². The molecule has 4 heteroatoms. The lowest BCUT2D eigenvalue weighted by molar-refractivity contribution is 0.319. The van der Waals surface area contributed by atoms with Gasteiger partial charge in [0.2, 0.25) is 0 Å². The molecule has 1 fully saturated rings. The zero-order valence-corrected chi connectivity index (χ0v) is 10.4. The summed E-state index contributed by atoms with van der Waals surface area (Å²) in [6.45, 7) is 4.25. The minimum Gasteiger partial charge on any atom is -0.397 e. The predicted molar refractivity (Wildman–Crippen MR) is 68.7 cm³/mol. The molecule has 0 aliphatic heterocycles. The smallest absolute Gasteiger partial charge is 0.129 e. The summed E-state index contributed by atoms with van der Waals surface area (Å²) in [7, 11) is 0. The molecule has 0 aromatic carbocycles. The summed E-state index contributed by atoms with van der Waals surface area (Å²) in [5, 5.41) is 10.0. The van der Waals surface area contributed by atoms with E-state index in [-0.39, 0.29) is 0 Å². The molecule has 0 bridgehead atoms. The van der Waals surface area contributed by atoms with Gasteiger partial charge in [0.25, 0.3) is 0 Å². The molecule has 0 radical (unpaired) electrons. The number of nitriles is 1. The monoisotopic (exact) mass is 235 g/mol. The minimum atomic E-state index is 0.620. The van der Waals surface area contributed by atoms with Crippen molar-refractivity contribution in [2.45, 2.75) is 26.2 Å². The summed E-state index contributed by atoms with van der Waals surface area (Å²) < 4.78 is 0. The Hall–Kier alpha value is -1.21. The number of nitrogens with two attached hydrogens (primary N) is 1. The summed E-state index contributed by atoms with van der Waals surface area (Å²) >= 11 is 1.51. The highest BCUT2D eigenvalue weighted by Gasteiger charge is 2.21. The molecule has 0 amide bonds. The second-order valence-corrected chi connectivity index (χ2v) is 5.35. The van der Waals surface area contributed by atoms with Crippen molar-refractivity contribution in [3.05, 3.63) is 10.9 Å². The summed E-state index contributed by atoms with van der Waals surface area (Å²) in [6, 6.07) is 4.08. The Morgan fingerprint density at radius 2 is 2.38 bits per heavy atom. The molecule has 2 N–H and O–H groups in total. The van der Waals surface area contributed by atoms with Crippen molar-refractivity contribution in [2.24, 2.45) is 5.92 Å². The van der Waals surface area contributed by atoms with Crippen LogP contribution in [-0.2, 0) is 0 Å². The lowest BCUT2D eigenvalue weighted by Gasteiger charge is -2.32. The highest BCUT2D eigenvalue weighted by Crippen LogP contribution is 2.34. The predicted octanol–water partition coefficient (Wildman–Crippen LogP) is 2.83. The molecule has 1 aliphatic rings. The topological polar surface area (TPSA) is 53.0 Å². The van der Waals surface area contributed by atoms with Gasteiger partial charge in [-0.15, -0.1) is 11.3 Å². The highest BCUT2D eigenvalue weighted by molar-refractivity contribution is 7.17. The van der Waals surface area contributed by atoms with Gasteiger partial charge in [-0.1, -0.05) is 6.42 Å². The van der Waals surface area contributed by atoms with Crippen molar-refractivity contribution < 1.29 is 0 Å². The maximum Gasteiger partial charge on any atom is 0.129 e. The van der Waals surface area contributed by atoms with E-state index >= 15 is 0 Å². The third-order valence-corrected chi connectivity index (χ3v) is 4.36. The second kappa shape index (κ2) is 4.75. The van der Waals surface area contributed by atoms with Crippen molar-refractivity contribution in [3.8, 4) is 6.07 Å². The van der Waals surface area contributed by atoms with E-state index in [0.29, 0.717) is 10.6 Å². The number of anilines is 2. The van der Waals surface area contributed by atoms with Crippen molar-refractivity contribution >= 4 is 22.0 Å². The SMILES string of the molecule is CCN(CC1CCC1)c1cc(N)c(C#N)s1. The molecule has 1 heterocycles. The molecule has 1 saturated carbocycles. The standard InChI is InChI=1S/C12H17N3S/c1-2-15(8-9-4-3-5-9)12-6-10(14)11(7-13)16-12/h6,9H,2-5,8,14H2,1H3. The Morgan fingerprint density at radius 1 is 1.62 bits per heavy atom. The van der Waals surface area contributed by atoms with E-state index in [1.807, 2.05) is 6.07 Å². The van der Waals surface area contributed by atoms with Gasteiger partial charge in [-0.25, -0.2) is 0 Å². The van der Waals surface area contributed by atoms with Gasteiger partial charge in [-0.05, 0) is 31.7 Å². The Bertz CT molecular complexity index is 401. The van der Waals surface area contributed by atoms with E-state index in [0.717, 1.165) is 24.0 Å². The van der Waals surface area contributed by atoms with Crippen molar-refractivity contribution in [3.63, 3.8) is 0 Å². The van der Waals surface area contributed by atoms with E-state index < -0.39 is 0 Å². The van der Waals surface area contributed by atoms with Crippen LogP contribution in [0, 0.1) is 17.2 Å². The van der Waals surface area contributed by atoms with Crippen molar-refractivity contribution in [2.75, 3.05) is 23.7 Å². The fourth-order valence-corrected chi connectivity index (χ4v) is 2.95. The van der Waals surface area contributed by atoms with Crippen LogP contribution in [0.4, 0.5) is 10.7 Å². The Morgan fingerprint density at radius 3 is 2.81 bits per heavy atom. The number of nitrogen functional groups attached to an aromatic ring is 1. The lowest BCUT2D eigenvalue weighted by atomic mass is 9.85. The Labute approximate surface area is 100 Å². The summed E-state index contributed by atoms with van der Waals surface area (Å²) in [6.07, 6.45) is 4.07. The third kappa shape index (κ3) is 2.14. The fourth-order valence-electron chi connectivity index (χ4n) is 2.00. The van der Waals surface area contributed by atoms with Crippen LogP contribution in [-0.4, -0.2) is 13.1 Å². The Kier molecular flexibility index (Phi) is 3.35. The largest absolute Gasteiger partial charge is 0.397 e. The maximum atomic E-state index is 8.89. The van der Waals surface area contributed by atoms with E-state index in [9.17, 15) is 0 Å². The van der Waals surface area contributed by atoms with E-state index in [1.54, 1.807) is 0 Å². The molecule has 0 saturated heterocycles. The minimum absolute atomic E-state index is 0.620. The number of rotatable bonds is 4. The first-order valence-corrected chi connectivity index (χ1v) is 6.60. The van der Waals surface area contributed by atoms with Crippen molar-refractivity contribution in [1.29, 1.82) is 5.26 Å². The quantitative estimate of drug-likeness (QED) is 0.873. The number of nitrogens with zero attached hydrogens (tertiary/aromatic N) is 2.